The van der Waals surface area contributed by atoms with Crippen LogP contribution >= 0.6 is 0 Å². The zero-order valence-electron chi connectivity index (χ0n) is 17.5. The van der Waals surface area contributed by atoms with Crippen LogP contribution in [0.5, 0.6) is 0 Å². The quantitative estimate of drug-likeness (QED) is 0.445. The third kappa shape index (κ3) is 3.92. The van der Waals surface area contributed by atoms with Crippen LogP contribution in [0.15, 0.2) is 71.3 Å². The molecule has 2 aromatic carbocycles. The first-order valence-corrected chi connectivity index (χ1v) is 10.3. The van der Waals surface area contributed by atoms with Crippen molar-refractivity contribution < 1.29 is 27.5 Å². The van der Waals surface area contributed by atoms with Crippen molar-refractivity contribution in [2.75, 3.05) is 0 Å². The zero-order chi connectivity index (χ0) is 23.8. The first-order chi connectivity index (χ1) is 16.4. The van der Waals surface area contributed by atoms with Crippen molar-refractivity contribution in [3.63, 3.8) is 0 Å². The average molecular weight is 466 g/mol. The van der Waals surface area contributed by atoms with E-state index >= 15 is 0 Å². The maximum absolute atomic E-state index is 13.4. The van der Waals surface area contributed by atoms with Crippen LogP contribution in [-0.2, 0) is 6.54 Å². The SMILES string of the molecule is O=C1c2cc(-c3nnc(C(F)F)o3)ccc2CN1[C@H](c1ccccn1)[C@@H](O)c1ccc(F)cc1. The van der Waals surface area contributed by atoms with E-state index in [0.29, 0.717) is 27.9 Å². The zero-order valence-corrected chi connectivity index (χ0v) is 17.5. The minimum absolute atomic E-state index is 0.128. The van der Waals surface area contributed by atoms with E-state index in [1.807, 2.05) is 0 Å². The number of halogens is 3. The highest BCUT2D eigenvalue weighted by Gasteiger charge is 2.38. The lowest BCUT2D eigenvalue weighted by Gasteiger charge is -2.31. The molecule has 7 nitrogen and oxygen atoms in total. The number of fused-ring (bicyclic) bond motifs is 1. The van der Waals surface area contributed by atoms with Crippen LogP contribution in [0.25, 0.3) is 11.5 Å². The molecule has 0 radical (unpaired) electrons. The Hall–Kier alpha value is -4.05. The number of hydrogen-bond acceptors (Lipinski definition) is 6. The molecule has 34 heavy (non-hydrogen) atoms. The Morgan fingerprint density at radius 2 is 1.82 bits per heavy atom. The number of aliphatic hydroxyl groups is 1. The third-order valence-electron chi connectivity index (χ3n) is 5.65. The first-order valence-electron chi connectivity index (χ1n) is 10.3. The molecule has 0 saturated carbocycles. The average Bonchev–Trinajstić information content (AvgIpc) is 3.46. The van der Waals surface area contributed by atoms with Gasteiger partial charge in [0.15, 0.2) is 0 Å². The van der Waals surface area contributed by atoms with Gasteiger partial charge in [-0.05, 0) is 47.5 Å². The highest BCUT2D eigenvalue weighted by molar-refractivity contribution is 5.99. The molecule has 1 N–H and O–H groups in total. The van der Waals surface area contributed by atoms with Gasteiger partial charge in [0.1, 0.15) is 18.0 Å². The monoisotopic (exact) mass is 466 g/mol. The summed E-state index contributed by atoms with van der Waals surface area (Å²) in [5.41, 5.74) is 2.20. The number of hydrogen-bond donors (Lipinski definition) is 1. The summed E-state index contributed by atoms with van der Waals surface area (Å²) >= 11 is 0. The fourth-order valence-corrected chi connectivity index (χ4v) is 4.01. The number of amides is 1. The highest BCUT2D eigenvalue weighted by Crippen LogP contribution is 2.39. The largest absolute Gasteiger partial charge is 0.415 e. The molecule has 10 heteroatoms. The molecule has 0 fully saturated rings. The van der Waals surface area contributed by atoms with E-state index in [-0.39, 0.29) is 18.3 Å². The van der Waals surface area contributed by atoms with Gasteiger partial charge in [-0.1, -0.05) is 24.3 Å². The van der Waals surface area contributed by atoms with Gasteiger partial charge in [-0.25, -0.2) is 4.39 Å². The maximum Gasteiger partial charge on any atom is 0.314 e. The normalized spacial score (nSPS) is 15.0. The molecule has 2 aromatic heterocycles. The van der Waals surface area contributed by atoms with E-state index in [9.17, 15) is 23.1 Å². The third-order valence-corrected chi connectivity index (χ3v) is 5.65. The van der Waals surface area contributed by atoms with Crippen molar-refractivity contribution in [1.82, 2.24) is 20.1 Å². The summed E-state index contributed by atoms with van der Waals surface area (Å²) in [7, 11) is 0. The van der Waals surface area contributed by atoms with E-state index in [1.54, 1.807) is 36.5 Å². The topological polar surface area (TPSA) is 92.4 Å². The number of benzene rings is 2. The van der Waals surface area contributed by atoms with Crippen molar-refractivity contribution in [2.45, 2.75) is 25.1 Å². The number of carbonyl (C=O) groups excluding carboxylic acids is 1. The minimum Gasteiger partial charge on any atom is -0.415 e. The van der Waals surface area contributed by atoms with E-state index in [0.717, 1.165) is 0 Å². The van der Waals surface area contributed by atoms with Crippen molar-refractivity contribution in [3.05, 3.63) is 101 Å². The number of nitrogens with zero attached hydrogens (tertiary/aromatic N) is 4. The van der Waals surface area contributed by atoms with Gasteiger partial charge in [-0.2, -0.15) is 8.78 Å². The number of aromatic nitrogens is 3. The standard InChI is InChI=1S/C24H17F3N4O3/c25-16-8-6-13(7-9-16)20(32)19(18-3-1-2-10-28-18)31-12-15-5-4-14(11-17(15)24(31)33)22-29-30-23(34-22)21(26)27/h1-11,19-21,32H,12H2/t19-,20+/m1/s1. The van der Waals surface area contributed by atoms with Crippen LogP contribution in [0.2, 0.25) is 0 Å². The maximum atomic E-state index is 13.4. The Bertz CT molecular complexity index is 1330. The second-order valence-corrected chi connectivity index (χ2v) is 7.75. The second kappa shape index (κ2) is 8.71. The fraction of sp³-hybridized carbons (Fsp3) is 0.167. The summed E-state index contributed by atoms with van der Waals surface area (Å²) in [5, 5.41) is 18.2. The number of pyridine rings is 1. The number of alkyl halides is 2. The van der Waals surface area contributed by atoms with Crippen molar-refractivity contribution in [1.29, 1.82) is 0 Å². The molecule has 172 valence electrons. The number of rotatable bonds is 6. The summed E-state index contributed by atoms with van der Waals surface area (Å²) in [6, 6.07) is 14.5. The van der Waals surface area contributed by atoms with Crippen LogP contribution in [0, 0.1) is 5.82 Å². The molecule has 2 atom stereocenters. The van der Waals surface area contributed by atoms with Gasteiger partial charge in [0, 0.05) is 23.9 Å². The van der Waals surface area contributed by atoms with Gasteiger partial charge in [0.05, 0.1) is 5.69 Å². The highest BCUT2D eigenvalue weighted by atomic mass is 19.3. The van der Waals surface area contributed by atoms with Crippen LogP contribution in [0.4, 0.5) is 13.2 Å². The lowest BCUT2D eigenvalue weighted by atomic mass is 9.97. The molecule has 1 amide bonds. The molecule has 0 aliphatic carbocycles. The van der Waals surface area contributed by atoms with Gasteiger partial charge in [0.25, 0.3) is 11.8 Å². The molecular formula is C24H17F3N4O3. The second-order valence-electron chi connectivity index (χ2n) is 7.75. The van der Waals surface area contributed by atoms with Crippen molar-refractivity contribution in [3.8, 4) is 11.5 Å². The van der Waals surface area contributed by atoms with Crippen LogP contribution in [-0.4, -0.2) is 31.1 Å². The predicted molar refractivity (Wildman–Crippen MR) is 113 cm³/mol. The molecule has 4 aromatic rings. The summed E-state index contributed by atoms with van der Waals surface area (Å²) in [6.45, 7) is 0.181. The summed E-state index contributed by atoms with van der Waals surface area (Å²) in [4.78, 5) is 19.3. The molecular weight excluding hydrogens is 449 g/mol. The number of carbonyl (C=O) groups is 1. The Kier molecular flexibility index (Phi) is 5.58. The van der Waals surface area contributed by atoms with Crippen molar-refractivity contribution in [2.24, 2.45) is 0 Å². The van der Waals surface area contributed by atoms with Crippen LogP contribution in [0.1, 0.15) is 51.6 Å². The molecule has 1 aliphatic heterocycles. The van der Waals surface area contributed by atoms with Crippen LogP contribution in [0.3, 0.4) is 0 Å². The fourth-order valence-electron chi connectivity index (χ4n) is 4.01. The lowest BCUT2D eigenvalue weighted by molar-refractivity contribution is 0.0347. The molecule has 0 bridgehead atoms. The van der Waals surface area contributed by atoms with Gasteiger partial charge in [-0.15, -0.1) is 10.2 Å². The Morgan fingerprint density at radius 3 is 2.50 bits per heavy atom. The number of aliphatic hydroxyl groups excluding tert-OH is 1. The minimum atomic E-state index is -2.90. The molecule has 0 saturated heterocycles. The molecule has 1 aliphatic rings. The first kappa shape index (κ1) is 21.8. The molecule has 3 heterocycles. The van der Waals surface area contributed by atoms with E-state index in [2.05, 4.69) is 15.2 Å². The molecule has 5 rings (SSSR count). The van der Waals surface area contributed by atoms with E-state index in [4.69, 9.17) is 4.42 Å². The van der Waals surface area contributed by atoms with Gasteiger partial charge in [-0.3, -0.25) is 9.78 Å². The summed E-state index contributed by atoms with van der Waals surface area (Å²) < 4.78 is 44.0. The Labute approximate surface area is 191 Å². The smallest absolute Gasteiger partial charge is 0.314 e. The molecule has 0 unspecified atom stereocenters. The predicted octanol–water partition coefficient (Wildman–Crippen LogP) is 4.64. The Morgan fingerprint density at radius 1 is 1.03 bits per heavy atom. The lowest BCUT2D eigenvalue weighted by Crippen LogP contribution is -2.34. The Balaban J connectivity index is 1.50. The molecule has 0 spiro atoms. The summed E-state index contributed by atoms with van der Waals surface area (Å²) in [6.07, 6.45) is -2.53. The van der Waals surface area contributed by atoms with Gasteiger partial charge < -0.3 is 14.4 Å². The van der Waals surface area contributed by atoms with Crippen molar-refractivity contribution >= 4 is 5.91 Å². The van der Waals surface area contributed by atoms with Gasteiger partial charge >= 0.3 is 6.43 Å². The van der Waals surface area contributed by atoms with Gasteiger partial charge in [0.2, 0.25) is 5.89 Å². The van der Waals surface area contributed by atoms with E-state index in [1.165, 1.54) is 35.2 Å². The summed E-state index contributed by atoms with van der Waals surface area (Å²) in [5.74, 6) is -1.76. The van der Waals surface area contributed by atoms with Crippen LogP contribution < -0.4 is 0 Å². The van der Waals surface area contributed by atoms with E-state index < -0.39 is 30.3 Å².